The molecule has 0 spiro atoms. The number of hydrogen-bond donors (Lipinski definition) is 1. The van der Waals surface area contributed by atoms with E-state index < -0.39 is 0 Å². The van der Waals surface area contributed by atoms with Crippen molar-refractivity contribution < 1.29 is 9.47 Å². The molecule has 0 amide bonds. The van der Waals surface area contributed by atoms with E-state index in [1.165, 1.54) is 4.88 Å². The second-order valence-electron chi connectivity index (χ2n) is 4.39. The Bertz CT molecular complexity index is 512. The Morgan fingerprint density at radius 2 is 2.16 bits per heavy atom. The number of thiophene rings is 1. The highest BCUT2D eigenvalue weighted by Gasteiger charge is 2.07. The number of nitrogens with two attached hydrogens (primary N) is 1. The van der Waals surface area contributed by atoms with E-state index in [9.17, 15) is 0 Å². The predicted octanol–water partition coefficient (Wildman–Crippen LogP) is 3.13. The third-order valence-electron chi connectivity index (χ3n) is 2.39. The summed E-state index contributed by atoms with van der Waals surface area (Å²) in [5, 5.41) is 2.06. The highest BCUT2D eigenvalue weighted by atomic mass is 32.1. The lowest BCUT2D eigenvalue weighted by Crippen LogP contribution is -2.10. The van der Waals surface area contributed by atoms with Crippen molar-refractivity contribution in [3.8, 4) is 11.8 Å². The van der Waals surface area contributed by atoms with Crippen LogP contribution < -0.4 is 15.2 Å². The molecule has 102 valence electrons. The number of nitrogen functional groups attached to an aromatic ring is 1. The summed E-state index contributed by atoms with van der Waals surface area (Å²) in [5.41, 5.74) is 6.33. The zero-order valence-corrected chi connectivity index (χ0v) is 11.9. The Kier molecular flexibility index (Phi) is 4.63. The Labute approximate surface area is 117 Å². The van der Waals surface area contributed by atoms with Crippen LogP contribution in [-0.4, -0.2) is 17.7 Å². The molecule has 5 heteroatoms. The lowest BCUT2D eigenvalue weighted by atomic mass is 10.3. The van der Waals surface area contributed by atoms with Crippen LogP contribution in [0.15, 0.2) is 29.6 Å². The number of ether oxygens (including phenoxy) is 2. The minimum absolute atomic E-state index is 0.0381. The molecular formula is C14H18N2O2S. The first-order valence-corrected chi connectivity index (χ1v) is 7.11. The number of hydrogen-bond acceptors (Lipinski definition) is 5. The molecular weight excluding hydrogens is 260 g/mol. The molecule has 0 atom stereocenters. The molecule has 2 rings (SSSR count). The van der Waals surface area contributed by atoms with E-state index in [2.05, 4.69) is 16.4 Å². The van der Waals surface area contributed by atoms with Crippen LogP contribution in [0.2, 0.25) is 0 Å². The molecule has 0 aliphatic heterocycles. The van der Waals surface area contributed by atoms with Crippen LogP contribution >= 0.6 is 11.3 Å². The lowest BCUT2D eigenvalue weighted by Gasteiger charge is -2.12. The normalized spacial score (nSPS) is 10.7. The van der Waals surface area contributed by atoms with Gasteiger partial charge in [0.15, 0.2) is 0 Å². The van der Waals surface area contributed by atoms with Crippen molar-refractivity contribution in [3.63, 3.8) is 0 Å². The fourth-order valence-corrected chi connectivity index (χ4v) is 2.23. The summed E-state index contributed by atoms with van der Waals surface area (Å²) in [4.78, 5) is 5.57. The molecule has 19 heavy (non-hydrogen) atoms. The zero-order chi connectivity index (χ0) is 13.7. The standard InChI is InChI=1S/C14H18N2O2S/c1-10(2)18-14-12(15)5-6-13(16-14)17-8-7-11-4-3-9-19-11/h3-6,9-10H,7-8,15H2,1-2H3. The fourth-order valence-electron chi connectivity index (χ4n) is 1.54. The molecule has 0 fully saturated rings. The van der Waals surface area contributed by atoms with Crippen molar-refractivity contribution in [2.75, 3.05) is 12.3 Å². The van der Waals surface area contributed by atoms with Gasteiger partial charge in [0.05, 0.1) is 18.4 Å². The first-order chi connectivity index (χ1) is 9.15. The molecule has 4 nitrogen and oxygen atoms in total. The summed E-state index contributed by atoms with van der Waals surface area (Å²) in [6, 6.07) is 7.65. The maximum atomic E-state index is 5.80. The first kappa shape index (κ1) is 13.7. The van der Waals surface area contributed by atoms with Gasteiger partial charge in [0.2, 0.25) is 11.8 Å². The summed E-state index contributed by atoms with van der Waals surface area (Å²) >= 11 is 1.73. The van der Waals surface area contributed by atoms with Crippen molar-refractivity contribution >= 4 is 17.0 Å². The highest BCUT2D eigenvalue weighted by molar-refractivity contribution is 7.09. The van der Waals surface area contributed by atoms with Crippen LogP contribution in [0, 0.1) is 0 Å². The maximum absolute atomic E-state index is 5.80. The molecule has 2 N–H and O–H groups in total. The Morgan fingerprint density at radius 1 is 1.32 bits per heavy atom. The monoisotopic (exact) mass is 278 g/mol. The van der Waals surface area contributed by atoms with Crippen LogP contribution in [0.5, 0.6) is 11.8 Å². The molecule has 0 bridgehead atoms. The summed E-state index contributed by atoms with van der Waals surface area (Å²) in [7, 11) is 0. The molecule has 2 aromatic rings. The second-order valence-corrected chi connectivity index (χ2v) is 5.42. The van der Waals surface area contributed by atoms with Gasteiger partial charge >= 0.3 is 0 Å². The summed E-state index contributed by atoms with van der Waals surface area (Å²) in [6.45, 7) is 4.47. The van der Waals surface area contributed by atoms with Gasteiger partial charge in [-0.3, -0.25) is 0 Å². The quantitative estimate of drug-likeness (QED) is 0.882. The number of aromatic nitrogens is 1. The molecule has 0 aliphatic carbocycles. The van der Waals surface area contributed by atoms with Gasteiger partial charge in [0, 0.05) is 17.4 Å². The highest BCUT2D eigenvalue weighted by Crippen LogP contribution is 2.23. The second kappa shape index (κ2) is 6.43. The van der Waals surface area contributed by atoms with Crippen LogP contribution in [0.1, 0.15) is 18.7 Å². The van der Waals surface area contributed by atoms with Crippen molar-refractivity contribution in [2.45, 2.75) is 26.4 Å². The predicted molar refractivity (Wildman–Crippen MR) is 77.9 cm³/mol. The van der Waals surface area contributed by atoms with Crippen LogP contribution in [0.3, 0.4) is 0 Å². The largest absolute Gasteiger partial charge is 0.477 e. The minimum atomic E-state index is 0.0381. The smallest absolute Gasteiger partial charge is 0.240 e. The van der Waals surface area contributed by atoms with Gasteiger partial charge in [-0.05, 0) is 31.4 Å². The lowest BCUT2D eigenvalue weighted by molar-refractivity contribution is 0.228. The molecule has 0 aromatic carbocycles. The fraction of sp³-hybridized carbons (Fsp3) is 0.357. The number of anilines is 1. The average molecular weight is 278 g/mol. The molecule has 2 aromatic heterocycles. The van der Waals surface area contributed by atoms with Crippen LogP contribution in [0.4, 0.5) is 5.69 Å². The molecule has 2 heterocycles. The number of rotatable bonds is 6. The van der Waals surface area contributed by atoms with Gasteiger partial charge in [-0.15, -0.1) is 11.3 Å². The van der Waals surface area contributed by atoms with E-state index in [0.29, 0.717) is 24.1 Å². The summed E-state index contributed by atoms with van der Waals surface area (Å²) in [6.07, 6.45) is 0.917. The van der Waals surface area contributed by atoms with Gasteiger partial charge in [-0.2, -0.15) is 4.98 Å². The Hall–Kier alpha value is -1.75. The molecule has 0 saturated carbocycles. The van der Waals surface area contributed by atoms with Crippen molar-refractivity contribution in [3.05, 3.63) is 34.5 Å². The molecule has 0 aliphatic rings. The van der Waals surface area contributed by atoms with Crippen molar-refractivity contribution in [2.24, 2.45) is 0 Å². The third-order valence-corrected chi connectivity index (χ3v) is 3.33. The Balaban J connectivity index is 1.93. The zero-order valence-electron chi connectivity index (χ0n) is 11.1. The summed E-state index contributed by atoms with van der Waals surface area (Å²) < 4.78 is 11.1. The molecule has 0 radical (unpaired) electrons. The van der Waals surface area contributed by atoms with E-state index in [0.717, 1.165) is 6.42 Å². The number of pyridine rings is 1. The van der Waals surface area contributed by atoms with Gasteiger partial charge in [0.25, 0.3) is 0 Å². The SMILES string of the molecule is CC(C)Oc1nc(OCCc2cccs2)ccc1N. The average Bonchev–Trinajstić information content (AvgIpc) is 2.86. The third kappa shape index (κ3) is 4.13. The van der Waals surface area contributed by atoms with E-state index in [-0.39, 0.29) is 6.10 Å². The van der Waals surface area contributed by atoms with Crippen LogP contribution in [-0.2, 0) is 6.42 Å². The van der Waals surface area contributed by atoms with E-state index >= 15 is 0 Å². The van der Waals surface area contributed by atoms with E-state index in [4.69, 9.17) is 15.2 Å². The van der Waals surface area contributed by atoms with E-state index in [1.807, 2.05) is 19.9 Å². The Morgan fingerprint density at radius 3 is 2.84 bits per heavy atom. The summed E-state index contributed by atoms with van der Waals surface area (Å²) in [5.74, 6) is 0.977. The van der Waals surface area contributed by atoms with Crippen LogP contribution in [0.25, 0.3) is 0 Å². The van der Waals surface area contributed by atoms with Gasteiger partial charge in [0.1, 0.15) is 0 Å². The van der Waals surface area contributed by atoms with Gasteiger partial charge in [-0.1, -0.05) is 6.07 Å². The number of nitrogens with zero attached hydrogens (tertiary/aromatic N) is 1. The van der Waals surface area contributed by atoms with E-state index in [1.54, 1.807) is 23.5 Å². The minimum Gasteiger partial charge on any atom is -0.477 e. The van der Waals surface area contributed by atoms with Gasteiger partial charge < -0.3 is 15.2 Å². The van der Waals surface area contributed by atoms with Crippen molar-refractivity contribution in [1.82, 2.24) is 4.98 Å². The maximum Gasteiger partial charge on any atom is 0.240 e. The molecule has 0 unspecified atom stereocenters. The van der Waals surface area contributed by atoms with Crippen molar-refractivity contribution in [1.29, 1.82) is 0 Å². The topological polar surface area (TPSA) is 57.4 Å². The van der Waals surface area contributed by atoms with Gasteiger partial charge in [-0.25, -0.2) is 0 Å². The first-order valence-electron chi connectivity index (χ1n) is 6.23. The molecule has 0 saturated heterocycles.